The third-order valence-electron chi connectivity index (χ3n) is 2.72. The number of aromatic carboxylic acids is 1. The van der Waals surface area contributed by atoms with E-state index in [-0.39, 0.29) is 23.4 Å². The summed E-state index contributed by atoms with van der Waals surface area (Å²) < 4.78 is 5.37. The second kappa shape index (κ2) is 5.59. The maximum Gasteiger partial charge on any atom is 0.354 e. The van der Waals surface area contributed by atoms with Gasteiger partial charge in [-0.1, -0.05) is 6.07 Å². The minimum absolute atomic E-state index is 0.0524. The van der Waals surface area contributed by atoms with Crippen molar-refractivity contribution in [1.29, 1.82) is 0 Å². The third-order valence-corrected chi connectivity index (χ3v) is 2.72. The molecular weight excluding hydrogens is 236 g/mol. The standard InChI is InChI=1S/C12H14N2O4/c15-11(13-7-8-3-2-6-18-8)9-4-1-5-10(14-9)12(16)17/h1,4-5,8H,2-3,6-7H2,(H,13,15)(H,16,17). The Bertz CT molecular complexity index is 455. The van der Waals surface area contributed by atoms with Crippen molar-refractivity contribution in [3.05, 3.63) is 29.6 Å². The molecule has 1 unspecified atom stereocenters. The van der Waals surface area contributed by atoms with Crippen LogP contribution in [0.4, 0.5) is 0 Å². The average molecular weight is 250 g/mol. The highest BCUT2D eigenvalue weighted by molar-refractivity contribution is 5.94. The van der Waals surface area contributed by atoms with Gasteiger partial charge in [-0.15, -0.1) is 0 Å². The Balaban J connectivity index is 1.95. The van der Waals surface area contributed by atoms with E-state index in [9.17, 15) is 9.59 Å². The number of pyridine rings is 1. The van der Waals surface area contributed by atoms with Gasteiger partial charge >= 0.3 is 5.97 Å². The number of amides is 1. The molecule has 1 amide bonds. The predicted octanol–water partition coefficient (Wildman–Crippen LogP) is 0.689. The van der Waals surface area contributed by atoms with Gasteiger partial charge in [0, 0.05) is 13.2 Å². The first-order valence-electron chi connectivity index (χ1n) is 5.77. The number of carbonyl (C=O) groups is 2. The van der Waals surface area contributed by atoms with Crippen molar-refractivity contribution < 1.29 is 19.4 Å². The van der Waals surface area contributed by atoms with Crippen LogP contribution in [0, 0.1) is 0 Å². The van der Waals surface area contributed by atoms with Crippen molar-refractivity contribution in [1.82, 2.24) is 10.3 Å². The van der Waals surface area contributed by atoms with Crippen LogP contribution >= 0.6 is 0 Å². The molecule has 0 aliphatic carbocycles. The molecule has 2 rings (SSSR count). The Morgan fingerprint density at radius 2 is 2.22 bits per heavy atom. The van der Waals surface area contributed by atoms with Crippen LogP contribution < -0.4 is 5.32 Å². The first kappa shape index (κ1) is 12.5. The molecule has 1 aliphatic rings. The number of hydrogen-bond acceptors (Lipinski definition) is 4. The van der Waals surface area contributed by atoms with E-state index >= 15 is 0 Å². The molecular formula is C12H14N2O4. The van der Waals surface area contributed by atoms with Gasteiger partial charge in [-0.25, -0.2) is 9.78 Å². The number of carbonyl (C=O) groups excluding carboxylic acids is 1. The van der Waals surface area contributed by atoms with Crippen LogP contribution in [0.3, 0.4) is 0 Å². The van der Waals surface area contributed by atoms with Gasteiger partial charge < -0.3 is 15.2 Å². The summed E-state index contributed by atoms with van der Waals surface area (Å²) in [7, 11) is 0. The van der Waals surface area contributed by atoms with Crippen LogP contribution in [0.1, 0.15) is 33.8 Å². The molecule has 1 atom stereocenters. The maximum atomic E-state index is 11.8. The van der Waals surface area contributed by atoms with Gasteiger partial charge in [0.25, 0.3) is 5.91 Å². The van der Waals surface area contributed by atoms with Crippen molar-refractivity contribution in [3.8, 4) is 0 Å². The molecule has 1 fully saturated rings. The lowest BCUT2D eigenvalue weighted by Crippen LogP contribution is -2.32. The molecule has 6 nitrogen and oxygen atoms in total. The smallest absolute Gasteiger partial charge is 0.354 e. The molecule has 1 saturated heterocycles. The number of rotatable bonds is 4. The Morgan fingerprint density at radius 1 is 1.44 bits per heavy atom. The fourth-order valence-corrected chi connectivity index (χ4v) is 1.78. The molecule has 6 heteroatoms. The number of carboxylic acids is 1. The van der Waals surface area contributed by atoms with E-state index in [1.807, 2.05) is 0 Å². The summed E-state index contributed by atoms with van der Waals surface area (Å²) in [5.74, 6) is -1.53. The topological polar surface area (TPSA) is 88.5 Å². The van der Waals surface area contributed by atoms with Crippen molar-refractivity contribution in [2.75, 3.05) is 13.2 Å². The predicted molar refractivity (Wildman–Crippen MR) is 62.5 cm³/mol. The lowest BCUT2D eigenvalue weighted by molar-refractivity contribution is 0.0690. The van der Waals surface area contributed by atoms with E-state index < -0.39 is 5.97 Å². The third kappa shape index (κ3) is 3.04. The van der Waals surface area contributed by atoms with Gasteiger partial charge in [0.15, 0.2) is 0 Å². The van der Waals surface area contributed by atoms with Gasteiger partial charge in [-0.2, -0.15) is 0 Å². The normalized spacial score (nSPS) is 18.6. The largest absolute Gasteiger partial charge is 0.477 e. The number of ether oxygens (including phenoxy) is 1. The average Bonchev–Trinajstić information content (AvgIpc) is 2.89. The molecule has 0 spiro atoms. The van der Waals surface area contributed by atoms with E-state index in [4.69, 9.17) is 9.84 Å². The minimum atomic E-state index is -1.15. The Kier molecular flexibility index (Phi) is 3.88. The minimum Gasteiger partial charge on any atom is -0.477 e. The molecule has 2 heterocycles. The second-order valence-corrected chi connectivity index (χ2v) is 4.06. The van der Waals surface area contributed by atoms with E-state index in [0.717, 1.165) is 19.4 Å². The monoisotopic (exact) mass is 250 g/mol. The Hall–Kier alpha value is -1.95. The molecule has 0 saturated carbocycles. The van der Waals surface area contributed by atoms with E-state index in [1.165, 1.54) is 18.2 Å². The zero-order valence-electron chi connectivity index (χ0n) is 9.76. The van der Waals surface area contributed by atoms with E-state index in [0.29, 0.717) is 6.54 Å². The van der Waals surface area contributed by atoms with Gasteiger partial charge in [0.1, 0.15) is 11.4 Å². The van der Waals surface area contributed by atoms with Crippen LogP contribution in [-0.4, -0.2) is 41.2 Å². The number of aromatic nitrogens is 1. The molecule has 0 radical (unpaired) electrons. The zero-order valence-corrected chi connectivity index (χ0v) is 9.76. The van der Waals surface area contributed by atoms with Gasteiger partial charge in [-0.05, 0) is 25.0 Å². The number of hydrogen-bond donors (Lipinski definition) is 2. The first-order chi connectivity index (χ1) is 8.66. The lowest BCUT2D eigenvalue weighted by atomic mass is 10.2. The molecule has 0 aromatic carbocycles. The van der Waals surface area contributed by atoms with Crippen molar-refractivity contribution in [3.63, 3.8) is 0 Å². The highest BCUT2D eigenvalue weighted by atomic mass is 16.5. The molecule has 96 valence electrons. The highest BCUT2D eigenvalue weighted by Gasteiger charge is 2.17. The number of nitrogens with zero attached hydrogens (tertiary/aromatic N) is 1. The van der Waals surface area contributed by atoms with E-state index in [2.05, 4.69) is 10.3 Å². The summed E-state index contributed by atoms with van der Waals surface area (Å²) in [6.45, 7) is 1.16. The van der Waals surface area contributed by atoms with Crippen LogP contribution in [-0.2, 0) is 4.74 Å². The highest BCUT2D eigenvalue weighted by Crippen LogP contribution is 2.10. The zero-order chi connectivity index (χ0) is 13.0. The summed E-state index contributed by atoms with van der Waals surface area (Å²) in [6.07, 6.45) is 1.99. The van der Waals surface area contributed by atoms with E-state index in [1.54, 1.807) is 0 Å². The van der Waals surface area contributed by atoms with Crippen molar-refractivity contribution >= 4 is 11.9 Å². The van der Waals surface area contributed by atoms with Crippen LogP contribution in [0.15, 0.2) is 18.2 Å². The molecule has 0 bridgehead atoms. The molecule has 1 aliphatic heterocycles. The lowest BCUT2D eigenvalue weighted by Gasteiger charge is -2.10. The number of carboxylic acid groups (broad SMARTS) is 1. The molecule has 1 aromatic heterocycles. The summed E-state index contributed by atoms with van der Waals surface area (Å²) in [4.78, 5) is 26.2. The second-order valence-electron chi connectivity index (χ2n) is 4.06. The Morgan fingerprint density at radius 3 is 2.89 bits per heavy atom. The van der Waals surface area contributed by atoms with Crippen molar-refractivity contribution in [2.45, 2.75) is 18.9 Å². The van der Waals surface area contributed by atoms with Crippen molar-refractivity contribution in [2.24, 2.45) is 0 Å². The van der Waals surface area contributed by atoms with Gasteiger partial charge in [0.05, 0.1) is 6.10 Å². The summed E-state index contributed by atoms with van der Waals surface area (Å²) in [5, 5.41) is 11.5. The van der Waals surface area contributed by atoms with Crippen LogP contribution in [0.25, 0.3) is 0 Å². The molecule has 18 heavy (non-hydrogen) atoms. The quantitative estimate of drug-likeness (QED) is 0.820. The maximum absolute atomic E-state index is 11.8. The summed E-state index contributed by atoms with van der Waals surface area (Å²) in [5.41, 5.74) is -0.0346. The summed E-state index contributed by atoms with van der Waals surface area (Å²) >= 11 is 0. The Labute approximate surface area is 104 Å². The molecule has 1 aromatic rings. The van der Waals surface area contributed by atoms with Gasteiger partial charge in [-0.3, -0.25) is 4.79 Å². The fraction of sp³-hybridized carbons (Fsp3) is 0.417. The number of nitrogens with one attached hydrogen (secondary N) is 1. The van der Waals surface area contributed by atoms with Crippen LogP contribution in [0.2, 0.25) is 0 Å². The SMILES string of the molecule is O=C(O)c1cccc(C(=O)NCC2CCCO2)n1. The first-order valence-corrected chi connectivity index (χ1v) is 5.77. The van der Waals surface area contributed by atoms with Crippen LogP contribution in [0.5, 0.6) is 0 Å². The fourth-order valence-electron chi connectivity index (χ4n) is 1.78. The van der Waals surface area contributed by atoms with Gasteiger partial charge in [0.2, 0.25) is 0 Å². The molecule has 2 N–H and O–H groups in total. The summed E-state index contributed by atoms with van der Waals surface area (Å²) in [6, 6.07) is 4.33.